The smallest absolute Gasteiger partial charge is 0.317 e. The first-order valence-corrected chi connectivity index (χ1v) is 6.48. The average Bonchev–Trinajstić information content (AvgIpc) is 2.27. The third kappa shape index (κ3) is 4.51. The Labute approximate surface area is 115 Å². The topological polar surface area (TPSA) is 38.7 Å². The highest BCUT2D eigenvalue weighted by atomic mass is 16.7. The number of nitrogens with zero attached hydrogens (tertiary/aromatic N) is 1. The Morgan fingerprint density at radius 2 is 1.47 bits per heavy atom. The van der Waals surface area contributed by atoms with Gasteiger partial charge in [0.15, 0.2) is 0 Å². The molecule has 19 heavy (non-hydrogen) atoms. The Bertz CT molecular complexity index is 462. The van der Waals surface area contributed by atoms with Crippen molar-refractivity contribution in [1.82, 2.24) is 0 Å². The fraction of sp³-hybridized carbons (Fsp3) is 0.500. The summed E-state index contributed by atoms with van der Waals surface area (Å²) in [7, 11) is 0. The molecular formula is C16H23NO2. The molecule has 104 valence electrons. The lowest BCUT2D eigenvalue weighted by molar-refractivity contribution is -0.153. The second-order valence-electron chi connectivity index (χ2n) is 6.68. The molecule has 0 aromatic heterocycles. The lowest BCUT2D eigenvalue weighted by atomic mass is 9.86. The van der Waals surface area contributed by atoms with E-state index in [1.165, 1.54) is 0 Å². The first-order chi connectivity index (χ1) is 8.62. The fourth-order valence-corrected chi connectivity index (χ4v) is 1.44. The van der Waals surface area contributed by atoms with Crippen molar-refractivity contribution in [3.8, 4) is 0 Å². The molecule has 0 bridgehead atoms. The van der Waals surface area contributed by atoms with Crippen LogP contribution < -0.4 is 0 Å². The van der Waals surface area contributed by atoms with Gasteiger partial charge in [-0.25, -0.2) is 4.79 Å². The van der Waals surface area contributed by atoms with Gasteiger partial charge in [0.1, 0.15) is 0 Å². The summed E-state index contributed by atoms with van der Waals surface area (Å²) >= 11 is 0. The molecule has 1 aromatic carbocycles. The van der Waals surface area contributed by atoms with Gasteiger partial charge in [-0.1, -0.05) is 56.3 Å². The van der Waals surface area contributed by atoms with E-state index in [1.54, 1.807) is 0 Å². The van der Waals surface area contributed by atoms with Crippen LogP contribution in [0.25, 0.3) is 0 Å². The predicted octanol–water partition coefficient (Wildman–Crippen LogP) is 4.03. The highest BCUT2D eigenvalue weighted by Crippen LogP contribution is 2.23. The third-order valence-electron chi connectivity index (χ3n) is 2.59. The van der Waals surface area contributed by atoms with Crippen molar-refractivity contribution < 1.29 is 9.63 Å². The maximum atomic E-state index is 11.8. The second-order valence-corrected chi connectivity index (χ2v) is 6.68. The number of oxime groups is 1. The van der Waals surface area contributed by atoms with Crippen molar-refractivity contribution in [2.45, 2.75) is 41.5 Å². The molecule has 1 aromatic rings. The van der Waals surface area contributed by atoms with Crippen molar-refractivity contribution in [2.75, 3.05) is 0 Å². The molecule has 1 rings (SSSR count). The quantitative estimate of drug-likeness (QED) is 0.458. The van der Waals surface area contributed by atoms with Crippen LogP contribution in [0.4, 0.5) is 0 Å². The van der Waals surface area contributed by atoms with Gasteiger partial charge in [-0.15, -0.1) is 0 Å². The molecule has 0 aliphatic heterocycles. The van der Waals surface area contributed by atoms with Crippen molar-refractivity contribution in [2.24, 2.45) is 16.0 Å². The Kier molecular flexibility index (Phi) is 4.51. The zero-order valence-corrected chi connectivity index (χ0v) is 12.7. The average molecular weight is 261 g/mol. The molecule has 0 fully saturated rings. The summed E-state index contributed by atoms with van der Waals surface area (Å²) in [5.41, 5.74) is 0.991. The van der Waals surface area contributed by atoms with E-state index < -0.39 is 5.41 Å². The Balaban J connectivity index is 3.04. The van der Waals surface area contributed by atoms with E-state index in [2.05, 4.69) is 5.16 Å². The minimum absolute atomic E-state index is 0.195. The van der Waals surface area contributed by atoms with E-state index in [4.69, 9.17) is 4.84 Å². The highest BCUT2D eigenvalue weighted by Gasteiger charge is 2.26. The summed E-state index contributed by atoms with van der Waals surface area (Å²) in [6.45, 7) is 11.6. The molecule has 0 aliphatic carbocycles. The molecule has 0 amide bonds. The molecule has 0 unspecified atom stereocenters. The van der Waals surface area contributed by atoms with Gasteiger partial charge < -0.3 is 4.84 Å². The minimum atomic E-state index is -0.552. The van der Waals surface area contributed by atoms with Crippen LogP contribution in [0, 0.1) is 10.8 Å². The molecule has 0 saturated heterocycles. The normalized spacial score (nSPS) is 13.3. The predicted molar refractivity (Wildman–Crippen MR) is 78.0 cm³/mol. The van der Waals surface area contributed by atoms with Gasteiger partial charge in [0, 0.05) is 5.41 Å². The molecular weight excluding hydrogens is 238 g/mol. The van der Waals surface area contributed by atoms with E-state index in [-0.39, 0.29) is 11.4 Å². The summed E-state index contributed by atoms with van der Waals surface area (Å²) in [4.78, 5) is 16.9. The van der Waals surface area contributed by atoms with Crippen LogP contribution in [0.15, 0.2) is 35.5 Å². The minimum Gasteiger partial charge on any atom is -0.317 e. The van der Waals surface area contributed by atoms with Crippen molar-refractivity contribution in [3.05, 3.63) is 35.9 Å². The van der Waals surface area contributed by atoms with Crippen LogP contribution in [-0.2, 0) is 9.63 Å². The van der Waals surface area contributed by atoms with E-state index in [9.17, 15) is 4.79 Å². The summed E-state index contributed by atoms with van der Waals surface area (Å²) in [5.74, 6) is -0.329. The number of carbonyl (C=O) groups is 1. The van der Waals surface area contributed by atoms with Gasteiger partial charge in [-0.3, -0.25) is 0 Å². The first kappa shape index (κ1) is 15.4. The Morgan fingerprint density at radius 1 is 0.947 bits per heavy atom. The van der Waals surface area contributed by atoms with E-state index in [0.717, 1.165) is 11.3 Å². The largest absolute Gasteiger partial charge is 0.340 e. The summed E-state index contributed by atoms with van der Waals surface area (Å²) in [6.07, 6.45) is 0. The number of benzene rings is 1. The molecule has 0 N–H and O–H groups in total. The zero-order valence-electron chi connectivity index (χ0n) is 12.7. The summed E-state index contributed by atoms with van der Waals surface area (Å²) in [5, 5.41) is 4.10. The first-order valence-electron chi connectivity index (χ1n) is 6.48. The molecule has 0 heterocycles. The SMILES string of the molecule is CC(C)(C)C(=O)O/N=C(/c1ccccc1)C(C)(C)C. The van der Waals surface area contributed by atoms with Gasteiger partial charge >= 0.3 is 5.97 Å². The monoisotopic (exact) mass is 261 g/mol. The fourth-order valence-electron chi connectivity index (χ4n) is 1.44. The standard InChI is InChI=1S/C16H23NO2/c1-15(2,3)13(12-10-8-7-9-11-12)17-19-14(18)16(4,5)6/h7-11H,1-6H3/b17-13-. The van der Waals surface area contributed by atoms with Crippen molar-refractivity contribution in [3.63, 3.8) is 0 Å². The van der Waals surface area contributed by atoms with E-state index in [0.29, 0.717) is 0 Å². The van der Waals surface area contributed by atoms with E-state index in [1.807, 2.05) is 71.9 Å². The summed E-state index contributed by atoms with van der Waals surface area (Å²) in [6, 6.07) is 9.78. The second kappa shape index (κ2) is 5.55. The Morgan fingerprint density at radius 3 is 1.89 bits per heavy atom. The van der Waals surface area contributed by atoms with Crippen LogP contribution in [0.1, 0.15) is 47.1 Å². The number of hydrogen-bond acceptors (Lipinski definition) is 3. The molecule has 0 spiro atoms. The highest BCUT2D eigenvalue weighted by molar-refractivity contribution is 6.04. The molecule has 0 atom stereocenters. The zero-order chi connectivity index (χ0) is 14.7. The van der Waals surface area contributed by atoms with Gasteiger partial charge in [0.05, 0.1) is 11.1 Å². The molecule has 0 saturated carbocycles. The molecule has 3 nitrogen and oxygen atoms in total. The Hall–Kier alpha value is -1.64. The van der Waals surface area contributed by atoms with Gasteiger partial charge in [0.2, 0.25) is 0 Å². The number of rotatable bonds is 2. The lowest BCUT2D eigenvalue weighted by Crippen LogP contribution is -2.25. The van der Waals surface area contributed by atoms with Crippen LogP contribution in [0.2, 0.25) is 0 Å². The number of hydrogen-bond donors (Lipinski definition) is 0. The maximum Gasteiger partial charge on any atom is 0.340 e. The maximum absolute atomic E-state index is 11.8. The number of carbonyl (C=O) groups excluding carboxylic acids is 1. The van der Waals surface area contributed by atoms with Gasteiger partial charge in [-0.2, -0.15) is 0 Å². The van der Waals surface area contributed by atoms with E-state index >= 15 is 0 Å². The molecule has 0 aliphatic rings. The lowest BCUT2D eigenvalue weighted by Gasteiger charge is -2.21. The van der Waals surface area contributed by atoms with Crippen LogP contribution in [0.3, 0.4) is 0 Å². The van der Waals surface area contributed by atoms with Crippen molar-refractivity contribution in [1.29, 1.82) is 0 Å². The molecule has 3 heteroatoms. The van der Waals surface area contributed by atoms with Crippen molar-refractivity contribution >= 4 is 11.7 Å². The van der Waals surface area contributed by atoms with Crippen LogP contribution in [0.5, 0.6) is 0 Å². The molecule has 0 radical (unpaired) electrons. The van der Waals surface area contributed by atoms with Gasteiger partial charge in [-0.05, 0) is 26.3 Å². The van der Waals surface area contributed by atoms with Gasteiger partial charge in [0.25, 0.3) is 0 Å². The third-order valence-corrected chi connectivity index (χ3v) is 2.59. The summed E-state index contributed by atoms with van der Waals surface area (Å²) < 4.78 is 0. The van der Waals surface area contributed by atoms with Crippen LogP contribution >= 0.6 is 0 Å². The van der Waals surface area contributed by atoms with Crippen LogP contribution in [-0.4, -0.2) is 11.7 Å².